The number of nitrogens with one attached hydrogen (secondary N) is 1. The second-order valence-corrected chi connectivity index (χ2v) is 8.67. The van der Waals surface area contributed by atoms with Gasteiger partial charge >= 0.3 is 0 Å². The van der Waals surface area contributed by atoms with Crippen LogP contribution in [0.15, 0.2) is 60.7 Å². The van der Waals surface area contributed by atoms with Crippen LogP contribution in [0.5, 0.6) is 0 Å². The van der Waals surface area contributed by atoms with Crippen LogP contribution in [0.3, 0.4) is 0 Å². The summed E-state index contributed by atoms with van der Waals surface area (Å²) < 4.78 is 0. The number of rotatable bonds is 7. The van der Waals surface area contributed by atoms with Crippen LogP contribution in [0.25, 0.3) is 0 Å². The predicted octanol–water partition coefficient (Wildman–Crippen LogP) is 3.02. The highest BCUT2D eigenvalue weighted by Gasteiger charge is 2.55. The molecule has 0 bridgehead atoms. The van der Waals surface area contributed by atoms with Gasteiger partial charge < -0.3 is 10.4 Å². The molecule has 4 nitrogen and oxygen atoms in total. The lowest BCUT2D eigenvalue weighted by Gasteiger charge is -2.31. The molecule has 0 spiro atoms. The molecule has 3 unspecified atom stereocenters. The number of nitrogens with zero attached hydrogens (tertiary/aromatic N) is 1. The Morgan fingerprint density at radius 3 is 2.21 bits per heavy atom. The molecule has 2 aromatic carbocycles. The molecule has 1 amide bonds. The van der Waals surface area contributed by atoms with Crippen LogP contribution >= 0.6 is 0 Å². The van der Waals surface area contributed by atoms with Gasteiger partial charge in [0.1, 0.15) is 0 Å². The van der Waals surface area contributed by atoms with Gasteiger partial charge in [-0.3, -0.25) is 9.69 Å². The van der Waals surface area contributed by atoms with Gasteiger partial charge in [0.25, 0.3) is 5.91 Å². The number of hydrogen-bond acceptors (Lipinski definition) is 3. The monoisotopic (exact) mass is 378 g/mol. The van der Waals surface area contributed by atoms with Crippen LogP contribution < -0.4 is 5.32 Å². The van der Waals surface area contributed by atoms with E-state index in [1.165, 1.54) is 5.56 Å². The molecule has 2 aliphatic rings. The number of fused-ring (bicyclic) bond motifs is 1. The first-order chi connectivity index (χ1) is 13.5. The van der Waals surface area contributed by atoms with E-state index in [-0.39, 0.29) is 11.8 Å². The van der Waals surface area contributed by atoms with Gasteiger partial charge in [-0.1, -0.05) is 74.5 Å². The van der Waals surface area contributed by atoms with Crippen molar-refractivity contribution in [1.29, 1.82) is 0 Å². The Morgan fingerprint density at radius 2 is 1.64 bits per heavy atom. The molecular weight excluding hydrogens is 348 g/mol. The van der Waals surface area contributed by atoms with Gasteiger partial charge in [0.2, 0.25) is 0 Å². The van der Waals surface area contributed by atoms with Gasteiger partial charge in [-0.15, -0.1) is 0 Å². The molecule has 4 rings (SSSR count). The number of likely N-dealkylation sites (tertiary alicyclic amines) is 1. The van der Waals surface area contributed by atoms with E-state index in [0.717, 1.165) is 19.6 Å². The van der Waals surface area contributed by atoms with E-state index in [4.69, 9.17) is 0 Å². The summed E-state index contributed by atoms with van der Waals surface area (Å²) in [6, 6.07) is 19.9. The number of carbonyl (C=O) groups excluding carboxylic acids is 1. The summed E-state index contributed by atoms with van der Waals surface area (Å²) in [5, 5.41) is 14.2. The number of piperidine rings is 1. The van der Waals surface area contributed by atoms with Gasteiger partial charge in [0.05, 0.1) is 0 Å². The molecule has 1 aliphatic heterocycles. The highest BCUT2D eigenvalue weighted by Crippen LogP contribution is 2.51. The summed E-state index contributed by atoms with van der Waals surface area (Å²) in [5.41, 5.74) is 0.538. The zero-order valence-corrected chi connectivity index (χ0v) is 16.7. The molecule has 1 aliphatic carbocycles. The summed E-state index contributed by atoms with van der Waals surface area (Å²) in [6.07, 6.45) is 0. The van der Waals surface area contributed by atoms with Crippen LogP contribution in [-0.2, 0) is 16.9 Å². The summed E-state index contributed by atoms with van der Waals surface area (Å²) in [5.74, 6) is 1.42. The molecular formula is C24H30N2O2. The maximum Gasteiger partial charge on any atom is 0.256 e. The fourth-order valence-corrected chi connectivity index (χ4v) is 4.77. The van der Waals surface area contributed by atoms with Crippen LogP contribution in [0.4, 0.5) is 0 Å². The third-order valence-corrected chi connectivity index (χ3v) is 6.59. The Bertz CT molecular complexity index is 796. The molecule has 0 aromatic heterocycles. The van der Waals surface area contributed by atoms with Crippen molar-refractivity contribution < 1.29 is 9.90 Å². The van der Waals surface area contributed by atoms with Gasteiger partial charge in [0, 0.05) is 26.2 Å². The Kier molecular flexibility index (Phi) is 5.26. The molecule has 1 saturated carbocycles. The highest BCUT2D eigenvalue weighted by atomic mass is 16.3. The number of carbonyl (C=O) groups is 1. The van der Waals surface area contributed by atoms with E-state index in [1.54, 1.807) is 0 Å². The van der Waals surface area contributed by atoms with E-state index in [2.05, 4.69) is 40.5 Å². The van der Waals surface area contributed by atoms with Crippen molar-refractivity contribution in [3.05, 3.63) is 71.8 Å². The molecule has 148 valence electrons. The molecule has 1 saturated heterocycles. The summed E-state index contributed by atoms with van der Waals surface area (Å²) >= 11 is 0. The highest BCUT2D eigenvalue weighted by molar-refractivity contribution is 5.86. The van der Waals surface area contributed by atoms with Gasteiger partial charge in [0.15, 0.2) is 5.60 Å². The molecule has 28 heavy (non-hydrogen) atoms. The van der Waals surface area contributed by atoms with Crippen molar-refractivity contribution in [2.45, 2.75) is 26.0 Å². The standard InChI is InChI=1S/C24H30N2O2/c1-17(2)24(28,19-11-7-4-8-12-19)23(27)25-13-20-21-15-26(16-22(20)21)14-18-9-5-3-6-10-18/h3-12,17,20-22,28H,13-16H2,1-2H3,(H,25,27)/t20?,21-,22?,24?/m0/s1. The third-order valence-electron chi connectivity index (χ3n) is 6.59. The molecule has 2 aromatic rings. The lowest BCUT2D eigenvalue weighted by Crippen LogP contribution is -2.49. The maximum atomic E-state index is 12.9. The number of hydrogen-bond donors (Lipinski definition) is 2. The van der Waals surface area contributed by atoms with E-state index in [0.29, 0.717) is 29.9 Å². The molecule has 4 atom stereocenters. The zero-order chi connectivity index (χ0) is 19.7. The van der Waals surface area contributed by atoms with Gasteiger partial charge in [-0.2, -0.15) is 0 Å². The van der Waals surface area contributed by atoms with Crippen molar-refractivity contribution in [1.82, 2.24) is 10.2 Å². The van der Waals surface area contributed by atoms with Crippen molar-refractivity contribution in [3.63, 3.8) is 0 Å². The Hall–Kier alpha value is -2.17. The minimum absolute atomic E-state index is 0.199. The second-order valence-electron chi connectivity index (χ2n) is 8.67. The van der Waals surface area contributed by atoms with E-state index in [1.807, 2.05) is 44.2 Å². The van der Waals surface area contributed by atoms with Crippen LogP contribution in [0, 0.1) is 23.7 Å². The minimum Gasteiger partial charge on any atom is -0.375 e. The smallest absolute Gasteiger partial charge is 0.256 e. The summed E-state index contributed by atoms with van der Waals surface area (Å²) in [7, 11) is 0. The maximum absolute atomic E-state index is 12.9. The zero-order valence-electron chi connectivity index (χ0n) is 16.7. The lowest BCUT2D eigenvalue weighted by molar-refractivity contribution is -0.146. The van der Waals surface area contributed by atoms with E-state index < -0.39 is 5.60 Å². The first kappa shape index (κ1) is 19.2. The van der Waals surface area contributed by atoms with E-state index >= 15 is 0 Å². The first-order valence-electron chi connectivity index (χ1n) is 10.3. The Labute approximate surface area is 167 Å². The van der Waals surface area contributed by atoms with Crippen molar-refractivity contribution in [3.8, 4) is 0 Å². The third kappa shape index (κ3) is 3.59. The van der Waals surface area contributed by atoms with Crippen molar-refractivity contribution >= 4 is 5.91 Å². The van der Waals surface area contributed by atoms with Gasteiger partial charge in [-0.25, -0.2) is 0 Å². The minimum atomic E-state index is -1.48. The number of amides is 1. The van der Waals surface area contributed by atoms with Crippen LogP contribution in [0.2, 0.25) is 0 Å². The fourth-order valence-electron chi connectivity index (χ4n) is 4.77. The largest absolute Gasteiger partial charge is 0.375 e. The number of aliphatic hydroxyl groups is 1. The molecule has 2 fully saturated rings. The van der Waals surface area contributed by atoms with E-state index in [9.17, 15) is 9.90 Å². The van der Waals surface area contributed by atoms with Crippen LogP contribution in [-0.4, -0.2) is 35.5 Å². The van der Waals surface area contributed by atoms with Crippen molar-refractivity contribution in [2.75, 3.05) is 19.6 Å². The normalized spacial score (nSPS) is 25.9. The lowest BCUT2D eigenvalue weighted by atomic mass is 9.82. The molecule has 0 radical (unpaired) electrons. The molecule has 4 heteroatoms. The Morgan fingerprint density at radius 1 is 1.07 bits per heavy atom. The summed E-state index contributed by atoms with van der Waals surface area (Å²) in [4.78, 5) is 15.4. The van der Waals surface area contributed by atoms with Gasteiger partial charge in [-0.05, 0) is 34.8 Å². The quantitative estimate of drug-likeness (QED) is 0.779. The number of benzene rings is 2. The topological polar surface area (TPSA) is 52.6 Å². The Balaban J connectivity index is 1.30. The first-order valence-corrected chi connectivity index (χ1v) is 10.3. The average Bonchev–Trinajstić information content (AvgIpc) is 3.17. The fraction of sp³-hybridized carbons (Fsp3) is 0.458. The predicted molar refractivity (Wildman–Crippen MR) is 110 cm³/mol. The summed E-state index contributed by atoms with van der Waals surface area (Å²) in [6.45, 7) is 7.66. The second kappa shape index (κ2) is 7.69. The average molecular weight is 379 g/mol. The molecule has 2 N–H and O–H groups in total. The van der Waals surface area contributed by atoms with Crippen LogP contribution in [0.1, 0.15) is 25.0 Å². The SMILES string of the molecule is CC(C)C(O)(C(=O)NCC1C2CN(Cc3ccccc3)C[C@@H]12)c1ccccc1. The molecule has 1 heterocycles. The van der Waals surface area contributed by atoms with Crippen molar-refractivity contribution in [2.24, 2.45) is 23.7 Å².